The SMILES string of the molecule is CCNC1C(C(=O)OCC)CCCN1C(=O)OC(C)(C)C. The van der Waals surface area contributed by atoms with Crippen molar-refractivity contribution < 1.29 is 19.1 Å². The van der Waals surface area contributed by atoms with Crippen LogP contribution in [0.25, 0.3) is 0 Å². The normalized spacial score (nSPS) is 22.8. The summed E-state index contributed by atoms with van der Waals surface area (Å²) in [6.45, 7) is 10.8. The van der Waals surface area contributed by atoms with E-state index in [-0.39, 0.29) is 24.1 Å². The van der Waals surface area contributed by atoms with E-state index in [4.69, 9.17) is 9.47 Å². The van der Waals surface area contributed by atoms with Crippen LogP contribution in [0.5, 0.6) is 0 Å². The van der Waals surface area contributed by atoms with Crippen molar-refractivity contribution in [1.82, 2.24) is 10.2 Å². The van der Waals surface area contributed by atoms with Crippen molar-refractivity contribution in [3.63, 3.8) is 0 Å². The molecule has 6 heteroatoms. The lowest BCUT2D eigenvalue weighted by Crippen LogP contribution is -2.58. The molecule has 1 fully saturated rings. The van der Waals surface area contributed by atoms with Gasteiger partial charge in [-0.1, -0.05) is 6.92 Å². The van der Waals surface area contributed by atoms with E-state index in [9.17, 15) is 9.59 Å². The molecule has 0 bridgehead atoms. The van der Waals surface area contributed by atoms with Gasteiger partial charge in [0.2, 0.25) is 0 Å². The van der Waals surface area contributed by atoms with Crippen LogP contribution in [0.1, 0.15) is 47.5 Å². The Morgan fingerprint density at radius 3 is 2.48 bits per heavy atom. The number of nitrogens with zero attached hydrogens (tertiary/aromatic N) is 1. The van der Waals surface area contributed by atoms with E-state index in [2.05, 4.69) is 5.32 Å². The Balaban J connectivity index is 2.85. The Kier molecular flexibility index (Phi) is 6.45. The predicted molar refractivity (Wildman–Crippen MR) is 79.8 cm³/mol. The van der Waals surface area contributed by atoms with Crippen LogP contribution in [0.4, 0.5) is 4.79 Å². The zero-order valence-electron chi connectivity index (χ0n) is 13.8. The van der Waals surface area contributed by atoms with Gasteiger partial charge < -0.3 is 9.47 Å². The van der Waals surface area contributed by atoms with E-state index in [0.717, 1.165) is 12.8 Å². The second-order valence-electron chi connectivity index (χ2n) is 6.18. The molecular formula is C15H28N2O4. The number of hydrogen-bond acceptors (Lipinski definition) is 5. The van der Waals surface area contributed by atoms with Gasteiger partial charge in [-0.2, -0.15) is 0 Å². The average Bonchev–Trinajstić information content (AvgIpc) is 2.37. The van der Waals surface area contributed by atoms with Crippen LogP contribution in [0, 0.1) is 5.92 Å². The van der Waals surface area contributed by atoms with Crippen molar-refractivity contribution in [2.75, 3.05) is 19.7 Å². The molecule has 0 aromatic heterocycles. The van der Waals surface area contributed by atoms with Gasteiger partial charge in [-0.25, -0.2) is 4.79 Å². The molecular weight excluding hydrogens is 272 g/mol. The van der Waals surface area contributed by atoms with Gasteiger partial charge in [0, 0.05) is 6.54 Å². The van der Waals surface area contributed by atoms with Crippen LogP contribution in [0.3, 0.4) is 0 Å². The number of ether oxygens (including phenoxy) is 2. The molecule has 1 saturated heterocycles. The van der Waals surface area contributed by atoms with E-state index in [0.29, 0.717) is 19.7 Å². The van der Waals surface area contributed by atoms with Crippen molar-refractivity contribution in [1.29, 1.82) is 0 Å². The second kappa shape index (κ2) is 7.64. The lowest BCUT2D eigenvalue weighted by atomic mass is 9.94. The number of piperidine rings is 1. The number of esters is 1. The quantitative estimate of drug-likeness (QED) is 0.806. The summed E-state index contributed by atoms with van der Waals surface area (Å²) in [4.78, 5) is 26.0. The summed E-state index contributed by atoms with van der Waals surface area (Å²) in [5.41, 5.74) is -0.551. The largest absolute Gasteiger partial charge is 0.466 e. The van der Waals surface area contributed by atoms with Gasteiger partial charge in [0.25, 0.3) is 0 Å². The molecule has 0 saturated carbocycles. The Bertz CT molecular complexity index is 365. The maximum Gasteiger partial charge on any atom is 0.411 e. The Morgan fingerprint density at radius 2 is 1.95 bits per heavy atom. The molecule has 0 radical (unpaired) electrons. The minimum Gasteiger partial charge on any atom is -0.466 e. The monoisotopic (exact) mass is 300 g/mol. The van der Waals surface area contributed by atoms with Gasteiger partial charge in [0.05, 0.1) is 18.7 Å². The first-order valence-corrected chi connectivity index (χ1v) is 7.69. The summed E-state index contributed by atoms with van der Waals surface area (Å²) >= 11 is 0. The number of rotatable bonds is 4. The highest BCUT2D eigenvalue weighted by molar-refractivity contribution is 5.75. The van der Waals surface area contributed by atoms with Crippen LogP contribution in [-0.2, 0) is 14.3 Å². The van der Waals surface area contributed by atoms with Gasteiger partial charge >= 0.3 is 12.1 Å². The van der Waals surface area contributed by atoms with Gasteiger partial charge in [-0.15, -0.1) is 0 Å². The Morgan fingerprint density at radius 1 is 1.29 bits per heavy atom. The summed E-state index contributed by atoms with van der Waals surface area (Å²) < 4.78 is 10.6. The van der Waals surface area contributed by atoms with E-state index in [1.165, 1.54) is 0 Å². The molecule has 0 aromatic carbocycles. The molecule has 21 heavy (non-hydrogen) atoms. The molecule has 122 valence electrons. The molecule has 0 aromatic rings. The van der Waals surface area contributed by atoms with Crippen LogP contribution in [-0.4, -0.2) is 48.4 Å². The maximum absolute atomic E-state index is 12.3. The zero-order valence-corrected chi connectivity index (χ0v) is 13.8. The van der Waals surface area contributed by atoms with Gasteiger partial charge in [-0.3, -0.25) is 15.0 Å². The van der Waals surface area contributed by atoms with Gasteiger partial charge in [0.1, 0.15) is 5.60 Å². The molecule has 1 heterocycles. The summed E-state index contributed by atoms with van der Waals surface area (Å²) in [7, 11) is 0. The van der Waals surface area contributed by atoms with E-state index in [1.54, 1.807) is 11.8 Å². The van der Waals surface area contributed by atoms with Crippen LogP contribution in [0.15, 0.2) is 0 Å². The first-order chi connectivity index (χ1) is 9.80. The zero-order chi connectivity index (χ0) is 16.0. The fourth-order valence-corrected chi connectivity index (χ4v) is 2.48. The molecule has 1 rings (SSSR count). The van der Waals surface area contributed by atoms with Gasteiger partial charge in [-0.05, 0) is 47.1 Å². The van der Waals surface area contributed by atoms with Crippen molar-refractivity contribution in [2.24, 2.45) is 5.92 Å². The molecule has 1 amide bonds. The van der Waals surface area contributed by atoms with E-state index >= 15 is 0 Å². The van der Waals surface area contributed by atoms with Crippen molar-refractivity contribution in [3.05, 3.63) is 0 Å². The molecule has 2 atom stereocenters. The number of nitrogens with one attached hydrogen (secondary N) is 1. The summed E-state index contributed by atoms with van der Waals surface area (Å²) in [6.07, 6.45) is 0.737. The smallest absolute Gasteiger partial charge is 0.411 e. The predicted octanol–water partition coefficient (Wildman–Crippen LogP) is 2.13. The van der Waals surface area contributed by atoms with Crippen LogP contribution < -0.4 is 5.32 Å². The van der Waals surface area contributed by atoms with Crippen LogP contribution in [0.2, 0.25) is 0 Å². The number of carbonyl (C=O) groups excluding carboxylic acids is 2. The third-order valence-electron chi connectivity index (χ3n) is 3.26. The summed E-state index contributed by atoms with van der Waals surface area (Å²) in [5.74, 6) is -0.595. The highest BCUT2D eigenvalue weighted by Gasteiger charge is 2.40. The highest BCUT2D eigenvalue weighted by Crippen LogP contribution is 2.25. The summed E-state index contributed by atoms with van der Waals surface area (Å²) in [6, 6.07) is 0. The van der Waals surface area contributed by atoms with Gasteiger partial charge in [0.15, 0.2) is 0 Å². The number of carbonyl (C=O) groups is 2. The fraction of sp³-hybridized carbons (Fsp3) is 0.867. The minimum absolute atomic E-state index is 0.253. The standard InChI is InChI=1S/C15H28N2O4/c1-6-16-12-11(13(18)20-7-2)9-8-10-17(12)14(19)21-15(3,4)5/h11-12,16H,6-10H2,1-5H3. The number of amides is 1. The highest BCUT2D eigenvalue weighted by atomic mass is 16.6. The van der Waals surface area contributed by atoms with Crippen molar-refractivity contribution in [2.45, 2.75) is 59.2 Å². The Hall–Kier alpha value is -1.30. The Labute approximate surface area is 127 Å². The third kappa shape index (κ3) is 5.19. The third-order valence-corrected chi connectivity index (χ3v) is 3.26. The topological polar surface area (TPSA) is 67.9 Å². The second-order valence-corrected chi connectivity index (χ2v) is 6.18. The lowest BCUT2D eigenvalue weighted by Gasteiger charge is -2.40. The molecule has 1 aliphatic heterocycles. The maximum atomic E-state index is 12.3. The lowest BCUT2D eigenvalue weighted by molar-refractivity contribution is -0.152. The van der Waals surface area contributed by atoms with Crippen molar-refractivity contribution in [3.8, 4) is 0 Å². The number of likely N-dealkylation sites (tertiary alicyclic amines) is 1. The molecule has 6 nitrogen and oxygen atoms in total. The molecule has 2 unspecified atom stereocenters. The van der Waals surface area contributed by atoms with Crippen molar-refractivity contribution >= 4 is 12.1 Å². The molecule has 1 aliphatic rings. The van der Waals surface area contributed by atoms with E-state index in [1.807, 2.05) is 27.7 Å². The van der Waals surface area contributed by atoms with Crippen LogP contribution >= 0.6 is 0 Å². The molecule has 0 spiro atoms. The fourth-order valence-electron chi connectivity index (χ4n) is 2.48. The molecule has 0 aliphatic carbocycles. The molecule has 1 N–H and O–H groups in total. The summed E-state index contributed by atoms with van der Waals surface area (Å²) in [5, 5.41) is 3.21. The number of hydrogen-bond donors (Lipinski definition) is 1. The van der Waals surface area contributed by atoms with E-state index < -0.39 is 5.60 Å². The first-order valence-electron chi connectivity index (χ1n) is 7.69. The minimum atomic E-state index is -0.551. The first kappa shape index (κ1) is 17.8. The average molecular weight is 300 g/mol.